The minimum Gasteiger partial charge on any atom is -0.497 e. The van der Waals surface area contributed by atoms with Crippen LogP contribution in [0.15, 0.2) is 36.5 Å². The van der Waals surface area contributed by atoms with Gasteiger partial charge < -0.3 is 10.2 Å². The number of ether oxygens (including phenoxy) is 1. The van der Waals surface area contributed by atoms with Crippen molar-refractivity contribution in [2.45, 2.75) is 6.42 Å². The summed E-state index contributed by atoms with van der Waals surface area (Å²) in [6, 6.07) is 8.95. The van der Waals surface area contributed by atoms with Crippen LogP contribution in [-0.2, 0) is 6.42 Å². The summed E-state index contributed by atoms with van der Waals surface area (Å²) in [6.45, 7) is 0. The van der Waals surface area contributed by atoms with Crippen molar-refractivity contribution in [2.75, 3.05) is 12.5 Å². The summed E-state index contributed by atoms with van der Waals surface area (Å²) in [6.07, 6.45) is 1.90. The lowest BCUT2D eigenvalue weighted by Crippen LogP contribution is -2.12. The number of nitrogens with two attached hydrogens (primary N) is 1. The summed E-state index contributed by atoms with van der Waals surface area (Å²) in [5.41, 5.74) is 3.62. The number of aromatic nitrogens is 1. The van der Waals surface area contributed by atoms with Crippen LogP contribution in [0.25, 0.3) is 0 Å². The van der Waals surface area contributed by atoms with Crippen molar-refractivity contribution in [3.05, 3.63) is 57.8 Å². The molecule has 0 amide bonds. The van der Waals surface area contributed by atoms with E-state index in [-0.39, 0.29) is 23.9 Å². The van der Waals surface area contributed by atoms with Crippen LogP contribution in [-0.4, -0.2) is 17.0 Å². The maximum Gasteiger partial charge on any atom is 0.316 e. The average molecular weight is 311 g/mol. The lowest BCUT2D eigenvalue weighted by Gasteiger charge is -2.07. The number of nitrogen functional groups attached to an aromatic ring is 1. The van der Waals surface area contributed by atoms with Gasteiger partial charge in [-0.3, -0.25) is 10.1 Å². The largest absolute Gasteiger partial charge is 0.497 e. The summed E-state index contributed by atoms with van der Waals surface area (Å²) in [4.78, 5) is 14.5. The zero-order valence-electron chi connectivity index (χ0n) is 11.3. The SMILES string of the molecule is COc1ccc(Cc2ccnc(NN)c2[N+](=O)[O-])cc1.Cl. The van der Waals surface area contributed by atoms with Crippen molar-refractivity contribution in [3.8, 4) is 5.75 Å². The predicted octanol–water partition coefficient (Wildman–Crippen LogP) is 2.30. The van der Waals surface area contributed by atoms with Gasteiger partial charge >= 0.3 is 5.69 Å². The third kappa shape index (κ3) is 3.80. The third-order valence-electron chi connectivity index (χ3n) is 2.88. The maximum absolute atomic E-state index is 11.1. The zero-order chi connectivity index (χ0) is 14.5. The van der Waals surface area contributed by atoms with Gasteiger partial charge in [0.2, 0.25) is 5.82 Å². The molecule has 0 atom stereocenters. The van der Waals surface area contributed by atoms with Gasteiger partial charge in [-0.15, -0.1) is 12.4 Å². The molecule has 0 unspecified atom stereocenters. The Morgan fingerprint density at radius 2 is 2.00 bits per heavy atom. The number of nitrogens with one attached hydrogen (secondary N) is 1. The van der Waals surface area contributed by atoms with Gasteiger partial charge in [0.05, 0.1) is 12.0 Å². The number of hydrogen-bond donors (Lipinski definition) is 2. The highest BCUT2D eigenvalue weighted by molar-refractivity contribution is 5.85. The minimum absolute atomic E-state index is 0. The third-order valence-corrected chi connectivity index (χ3v) is 2.88. The van der Waals surface area contributed by atoms with E-state index in [1.165, 1.54) is 6.20 Å². The Bertz CT molecular complexity index is 619. The van der Waals surface area contributed by atoms with Gasteiger partial charge in [-0.25, -0.2) is 10.8 Å². The number of hydrogen-bond acceptors (Lipinski definition) is 6. The van der Waals surface area contributed by atoms with Gasteiger partial charge in [0.1, 0.15) is 5.75 Å². The second-order valence-corrected chi connectivity index (χ2v) is 4.09. The van der Waals surface area contributed by atoms with Crippen LogP contribution in [0.4, 0.5) is 11.5 Å². The molecular formula is C13H15ClN4O3. The molecule has 0 saturated carbocycles. The van der Waals surface area contributed by atoms with Crippen LogP contribution >= 0.6 is 12.4 Å². The monoisotopic (exact) mass is 310 g/mol. The highest BCUT2D eigenvalue weighted by Crippen LogP contribution is 2.28. The first-order chi connectivity index (χ1) is 9.65. The van der Waals surface area contributed by atoms with Gasteiger partial charge in [-0.1, -0.05) is 12.1 Å². The molecule has 7 nitrogen and oxygen atoms in total. The molecule has 112 valence electrons. The van der Waals surface area contributed by atoms with Gasteiger partial charge in [0.25, 0.3) is 0 Å². The number of nitro groups is 1. The summed E-state index contributed by atoms with van der Waals surface area (Å²) >= 11 is 0. The van der Waals surface area contributed by atoms with E-state index >= 15 is 0 Å². The normalized spacial score (nSPS) is 9.62. The number of hydrazine groups is 1. The molecule has 1 aromatic carbocycles. The molecule has 0 aliphatic carbocycles. The van der Waals surface area contributed by atoms with Gasteiger partial charge in [-0.2, -0.15) is 0 Å². The molecule has 21 heavy (non-hydrogen) atoms. The fraction of sp³-hybridized carbons (Fsp3) is 0.154. The first-order valence-electron chi connectivity index (χ1n) is 5.87. The Hall–Kier alpha value is -2.38. The van der Waals surface area contributed by atoms with Crippen molar-refractivity contribution in [3.63, 3.8) is 0 Å². The Morgan fingerprint density at radius 1 is 1.33 bits per heavy atom. The maximum atomic E-state index is 11.1. The molecule has 0 aliphatic rings. The van der Waals surface area contributed by atoms with E-state index in [0.29, 0.717) is 12.0 Å². The summed E-state index contributed by atoms with van der Waals surface area (Å²) < 4.78 is 5.07. The molecule has 1 heterocycles. The molecule has 1 aromatic heterocycles. The fourth-order valence-electron chi connectivity index (χ4n) is 1.91. The van der Waals surface area contributed by atoms with Crippen LogP contribution in [0.1, 0.15) is 11.1 Å². The minimum atomic E-state index is -0.485. The van der Waals surface area contributed by atoms with Crippen molar-refractivity contribution in [1.82, 2.24) is 4.98 Å². The number of nitrogens with zero attached hydrogens (tertiary/aromatic N) is 2. The van der Waals surface area contributed by atoms with Crippen LogP contribution in [0, 0.1) is 10.1 Å². The second kappa shape index (κ2) is 7.41. The number of methoxy groups -OCH3 is 1. The molecule has 0 saturated heterocycles. The first kappa shape index (κ1) is 16.7. The number of benzene rings is 1. The first-order valence-corrected chi connectivity index (χ1v) is 5.87. The van der Waals surface area contributed by atoms with Crippen LogP contribution in [0.5, 0.6) is 5.75 Å². The Morgan fingerprint density at radius 3 is 2.52 bits per heavy atom. The van der Waals surface area contributed by atoms with Crippen LogP contribution in [0.3, 0.4) is 0 Å². The molecule has 2 aromatic rings. The molecule has 2 rings (SSSR count). The number of halogens is 1. The van der Waals surface area contributed by atoms with E-state index in [2.05, 4.69) is 10.4 Å². The highest BCUT2D eigenvalue weighted by Gasteiger charge is 2.20. The Labute approximate surface area is 127 Å². The summed E-state index contributed by atoms with van der Waals surface area (Å²) in [5.74, 6) is 6.05. The lowest BCUT2D eigenvalue weighted by atomic mass is 10.0. The zero-order valence-corrected chi connectivity index (χ0v) is 12.1. The molecular weight excluding hydrogens is 296 g/mol. The van der Waals surface area contributed by atoms with Crippen LogP contribution < -0.4 is 16.0 Å². The van der Waals surface area contributed by atoms with E-state index in [1.807, 2.05) is 24.3 Å². The standard InChI is InChI=1S/C13H14N4O3.ClH/c1-20-11-4-2-9(3-5-11)8-10-6-7-15-13(16-14)12(10)17(18)19;/h2-7H,8,14H2,1H3,(H,15,16);1H. The van der Waals surface area contributed by atoms with Gasteiger partial charge in [0.15, 0.2) is 0 Å². The van der Waals surface area contributed by atoms with E-state index in [0.717, 1.165) is 11.3 Å². The number of anilines is 1. The molecule has 0 radical (unpaired) electrons. The summed E-state index contributed by atoms with van der Waals surface area (Å²) in [5, 5.41) is 11.1. The van der Waals surface area contributed by atoms with E-state index in [1.54, 1.807) is 13.2 Å². The van der Waals surface area contributed by atoms with E-state index in [9.17, 15) is 10.1 Å². The molecule has 0 bridgehead atoms. The van der Waals surface area contributed by atoms with E-state index < -0.39 is 4.92 Å². The van der Waals surface area contributed by atoms with Crippen molar-refractivity contribution in [2.24, 2.45) is 5.84 Å². The lowest BCUT2D eigenvalue weighted by molar-refractivity contribution is -0.384. The van der Waals surface area contributed by atoms with Crippen molar-refractivity contribution < 1.29 is 9.66 Å². The van der Waals surface area contributed by atoms with Crippen LogP contribution in [0.2, 0.25) is 0 Å². The predicted molar refractivity (Wildman–Crippen MR) is 81.7 cm³/mol. The van der Waals surface area contributed by atoms with E-state index in [4.69, 9.17) is 10.6 Å². The van der Waals surface area contributed by atoms with Gasteiger partial charge in [0, 0.05) is 18.2 Å². The fourth-order valence-corrected chi connectivity index (χ4v) is 1.91. The molecule has 0 spiro atoms. The highest BCUT2D eigenvalue weighted by atomic mass is 35.5. The topological polar surface area (TPSA) is 103 Å². The Kier molecular flexibility index (Phi) is 5.89. The molecule has 8 heteroatoms. The number of pyridine rings is 1. The smallest absolute Gasteiger partial charge is 0.316 e. The Balaban J connectivity index is 0.00000220. The number of rotatable bonds is 5. The summed E-state index contributed by atoms with van der Waals surface area (Å²) in [7, 11) is 1.59. The second-order valence-electron chi connectivity index (χ2n) is 4.09. The quantitative estimate of drug-likeness (QED) is 0.499. The molecule has 3 N–H and O–H groups in total. The average Bonchev–Trinajstić information content (AvgIpc) is 2.47. The van der Waals surface area contributed by atoms with Crippen molar-refractivity contribution >= 4 is 23.9 Å². The molecule has 0 aliphatic heterocycles. The molecule has 0 fully saturated rings. The van der Waals surface area contributed by atoms with Gasteiger partial charge in [-0.05, 0) is 23.8 Å². The van der Waals surface area contributed by atoms with Crippen molar-refractivity contribution in [1.29, 1.82) is 0 Å².